The molecule has 3 N–H and O–H groups in total. The van der Waals surface area contributed by atoms with Crippen LogP contribution in [-0.4, -0.2) is 69.0 Å². The third-order valence-corrected chi connectivity index (χ3v) is 10.5. The maximum Gasteiger partial charge on any atom is 0.264 e. The third kappa shape index (κ3) is 11.5. The van der Waals surface area contributed by atoms with E-state index in [-0.39, 0.29) is 41.6 Å². The third-order valence-electron chi connectivity index (χ3n) is 9.97. The molecule has 0 unspecified atom stereocenters. The Hall–Kier alpha value is -8.05. The van der Waals surface area contributed by atoms with Gasteiger partial charge in [-0.3, -0.25) is 13.8 Å². The molecule has 0 aliphatic carbocycles. The smallest absolute Gasteiger partial charge is 0.264 e. The van der Waals surface area contributed by atoms with Crippen molar-refractivity contribution < 1.29 is 61.2 Å². The van der Waals surface area contributed by atoms with Crippen LogP contribution in [0.25, 0.3) is 22.3 Å². The summed E-state index contributed by atoms with van der Waals surface area (Å²) in [4.78, 5) is 21.2. The standard InChI is InChI=1S/C24H19NO5.C17H15NO5S.C8H8O3/c1-15-9-18(13-26)21(27)11-23(15)30-14-17-3-2-4-19(20(17)12-25)16-5-6-22-24(10-16)29-8-7-28-22;1-24(19,20)23-11-13-3-2-4-14(15(13)10-18)12-5-6-16-17(9-12)22-8-7-21-16;1-5-2-6(4-9)8(11)3-7(5)10/h2-6,9-11,13,27H,7-8,14H2,1H3;2-6,9H,7-8,11H2,1H3;2-4,10-11H,1H3. The van der Waals surface area contributed by atoms with Gasteiger partial charge in [0, 0.05) is 17.7 Å². The molecule has 0 atom stereocenters. The Morgan fingerprint density at radius 2 is 1.06 bits per heavy atom. The van der Waals surface area contributed by atoms with Gasteiger partial charge in [-0.15, -0.1) is 0 Å². The number of phenolic OH excluding ortho intramolecular Hbond substituents is 3. The van der Waals surface area contributed by atoms with Crippen LogP contribution in [0.1, 0.15) is 54.1 Å². The number of fused-ring (bicyclic) bond motifs is 2. The molecule has 2 aliphatic rings. The Labute approximate surface area is 374 Å². The normalized spacial score (nSPS) is 12.1. The van der Waals surface area contributed by atoms with Gasteiger partial charge in [0.05, 0.1) is 35.1 Å². The Balaban J connectivity index is 0.000000178. The van der Waals surface area contributed by atoms with Crippen LogP contribution < -0.4 is 23.7 Å². The van der Waals surface area contributed by atoms with Crippen LogP contribution in [-0.2, 0) is 27.5 Å². The Bertz CT molecular complexity index is 2950. The highest BCUT2D eigenvalue weighted by molar-refractivity contribution is 7.85. The number of carbonyl (C=O) groups is 2. The SMILES string of the molecule is CS(=O)(=O)OCc1cccc(-c2ccc3c(c2)OCCO3)c1C#N.Cc1cc(C=O)c(O)cc1O.Cc1cc(C=O)c(O)cc1OCc1cccc(-c2ccc3c(c2)OCCO3)c1C#N. The highest BCUT2D eigenvalue weighted by Crippen LogP contribution is 2.38. The summed E-state index contributed by atoms with van der Waals surface area (Å²) < 4.78 is 55.3. The summed E-state index contributed by atoms with van der Waals surface area (Å²) in [6.45, 7) is 5.40. The van der Waals surface area contributed by atoms with Gasteiger partial charge in [0.25, 0.3) is 10.1 Å². The fraction of sp³-hybridized carbons (Fsp3) is 0.184. The summed E-state index contributed by atoms with van der Waals surface area (Å²) in [6.07, 6.45) is 2.11. The van der Waals surface area contributed by atoms with Gasteiger partial charge < -0.3 is 39.0 Å². The lowest BCUT2D eigenvalue weighted by molar-refractivity contribution is 0.111. The average molecular weight is 899 g/mol. The van der Waals surface area contributed by atoms with Crippen molar-refractivity contribution in [2.75, 3.05) is 32.7 Å². The Morgan fingerprint density at radius 3 is 1.54 bits per heavy atom. The lowest BCUT2D eigenvalue weighted by atomic mass is 9.96. The van der Waals surface area contributed by atoms with E-state index in [1.165, 1.54) is 12.1 Å². The number of nitriles is 2. The quantitative estimate of drug-likeness (QED) is 0.0871. The number of nitrogens with zero attached hydrogens (tertiary/aromatic N) is 2. The molecule has 6 aromatic rings. The van der Waals surface area contributed by atoms with Gasteiger partial charge in [0.1, 0.15) is 68.2 Å². The topological polar surface area (TPSA) is 232 Å². The number of hydrogen-bond acceptors (Lipinski definition) is 15. The summed E-state index contributed by atoms with van der Waals surface area (Å²) >= 11 is 0. The van der Waals surface area contributed by atoms with Crippen molar-refractivity contribution in [3.8, 4) is 80.4 Å². The van der Waals surface area contributed by atoms with Crippen LogP contribution in [0.2, 0.25) is 0 Å². The minimum absolute atomic E-state index is 0.00639. The highest BCUT2D eigenvalue weighted by Gasteiger charge is 2.18. The van der Waals surface area contributed by atoms with E-state index in [0.29, 0.717) is 101 Å². The van der Waals surface area contributed by atoms with Gasteiger partial charge in [-0.1, -0.05) is 48.5 Å². The first-order valence-electron chi connectivity index (χ1n) is 19.8. The number of carbonyl (C=O) groups excluding carboxylic acids is 2. The van der Waals surface area contributed by atoms with Crippen molar-refractivity contribution in [1.82, 2.24) is 0 Å². The lowest BCUT2D eigenvalue weighted by Gasteiger charge is -2.19. The number of ether oxygens (including phenoxy) is 5. The molecule has 15 nitrogen and oxygen atoms in total. The fourth-order valence-electron chi connectivity index (χ4n) is 6.69. The van der Waals surface area contributed by atoms with Gasteiger partial charge in [0.15, 0.2) is 35.6 Å². The molecule has 0 radical (unpaired) electrons. The molecule has 0 spiro atoms. The van der Waals surface area contributed by atoms with Crippen molar-refractivity contribution >= 4 is 22.7 Å². The molecule has 2 aliphatic heterocycles. The number of hydrogen-bond donors (Lipinski definition) is 3. The minimum Gasteiger partial charge on any atom is -0.508 e. The molecule has 332 valence electrons. The van der Waals surface area contributed by atoms with E-state index < -0.39 is 10.1 Å². The molecule has 2 heterocycles. The second-order valence-corrected chi connectivity index (χ2v) is 16.1. The molecular weight excluding hydrogens is 857 g/mol. The van der Waals surface area contributed by atoms with Crippen molar-refractivity contribution in [3.63, 3.8) is 0 Å². The maximum atomic E-state index is 11.2. The van der Waals surface area contributed by atoms with E-state index in [1.807, 2.05) is 48.5 Å². The van der Waals surface area contributed by atoms with Crippen LogP contribution >= 0.6 is 0 Å². The zero-order valence-electron chi connectivity index (χ0n) is 35.4. The van der Waals surface area contributed by atoms with Crippen LogP contribution in [0.3, 0.4) is 0 Å². The van der Waals surface area contributed by atoms with Gasteiger partial charge in [-0.25, -0.2) is 0 Å². The zero-order valence-corrected chi connectivity index (χ0v) is 36.2. The van der Waals surface area contributed by atoms with Crippen LogP contribution in [0.15, 0.2) is 97.1 Å². The van der Waals surface area contributed by atoms with Gasteiger partial charge in [-0.05, 0) is 89.2 Å². The monoisotopic (exact) mass is 898 g/mol. The van der Waals surface area contributed by atoms with Crippen molar-refractivity contribution in [3.05, 3.63) is 142 Å². The zero-order chi connectivity index (χ0) is 46.7. The second kappa shape index (κ2) is 20.9. The van der Waals surface area contributed by atoms with E-state index in [2.05, 4.69) is 12.1 Å². The highest BCUT2D eigenvalue weighted by atomic mass is 32.2. The molecule has 0 aromatic heterocycles. The first kappa shape index (κ1) is 46.5. The maximum absolute atomic E-state index is 11.2. The molecule has 8 rings (SSSR count). The molecule has 0 amide bonds. The summed E-state index contributed by atoms with van der Waals surface area (Å²) in [5.74, 6) is 2.75. The van der Waals surface area contributed by atoms with Crippen molar-refractivity contribution in [2.45, 2.75) is 27.1 Å². The van der Waals surface area contributed by atoms with Crippen LogP contribution in [0, 0.1) is 36.5 Å². The Kier molecular flexibility index (Phi) is 14.9. The van der Waals surface area contributed by atoms with Crippen molar-refractivity contribution in [1.29, 1.82) is 10.5 Å². The van der Waals surface area contributed by atoms with Gasteiger partial charge in [0.2, 0.25) is 0 Å². The summed E-state index contributed by atoms with van der Waals surface area (Å²) in [5.41, 5.74) is 6.88. The summed E-state index contributed by atoms with van der Waals surface area (Å²) in [5, 5.41) is 47.3. The first-order valence-corrected chi connectivity index (χ1v) is 21.6. The predicted molar refractivity (Wildman–Crippen MR) is 237 cm³/mol. The molecule has 0 bridgehead atoms. The molecule has 0 fully saturated rings. The van der Waals surface area contributed by atoms with E-state index in [1.54, 1.807) is 44.2 Å². The molecule has 0 saturated heterocycles. The van der Waals surface area contributed by atoms with E-state index >= 15 is 0 Å². The number of aldehydes is 2. The predicted octanol–water partition coefficient (Wildman–Crippen LogP) is 8.09. The molecule has 16 heteroatoms. The van der Waals surface area contributed by atoms with Crippen LogP contribution in [0.5, 0.6) is 46.0 Å². The van der Waals surface area contributed by atoms with E-state index in [0.717, 1.165) is 34.6 Å². The Morgan fingerprint density at radius 1 is 0.600 bits per heavy atom. The average Bonchev–Trinajstić information content (AvgIpc) is 3.31. The number of aromatic hydroxyl groups is 3. The molecule has 0 saturated carbocycles. The molecule has 6 aromatic carbocycles. The number of aryl methyl sites for hydroxylation is 2. The largest absolute Gasteiger partial charge is 0.508 e. The van der Waals surface area contributed by atoms with E-state index in [4.69, 9.17) is 38.1 Å². The molecular formula is C49H42N2O13S. The number of phenols is 3. The van der Waals surface area contributed by atoms with E-state index in [9.17, 15) is 33.6 Å². The fourth-order valence-corrected chi connectivity index (χ4v) is 7.03. The molecule has 65 heavy (non-hydrogen) atoms. The number of rotatable bonds is 10. The lowest BCUT2D eigenvalue weighted by Crippen LogP contribution is -2.15. The first-order chi connectivity index (χ1) is 31.2. The second-order valence-electron chi connectivity index (χ2n) is 14.5. The van der Waals surface area contributed by atoms with Gasteiger partial charge in [-0.2, -0.15) is 18.9 Å². The van der Waals surface area contributed by atoms with Gasteiger partial charge >= 0.3 is 0 Å². The van der Waals surface area contributed by atoms with Crippen molar-refractivity contribution in [2.24, 2.45) is 0 Å². The minimum atomic E-state index is -3.58. The summed E-state index contributed by atoms with van der Waals surface area (Å²) in [7, 11) is -3.58. The number of benzene rings is 6. The van der Waals surface area contributed by atoms with Crippen LogP contribution in [0.4, 0.5) is 0 Å². The summed E-state index contributed by atoms with van der Waals surface area (Å²) in [6, 6.07) is 31.8.